The maximum atomic E-state index is 12.6. The van der Waals surface area contributed by atoms with Crippen LogP contribution in [0.4, 0.5) is 0 Å². The molecule has 5 rings (SSSR count). The van der Waals surface area contributed by atoms with Crippen LogP contribution in [0.1, 0.15) is 64.2 Å². The number of hydrogen-bond acceptors (Lipinski definition) is 4. The van der Waals surface area contributed by atoms with Crippen LogP contribution in [0.15, 0.2) is 35.7 Å². The maximum absolute atomic E-state index is 12.6. The fourth-order valence-corrected chi connectivity index (χ4v) is 7.98. The van der Waals surface area contributed by atoms with Gasteiger partial charge in [-0.2, -0.15) is 0 Å². The molecule has 1 aliphatic heterocycles. The zero-order valence-corrected chi connectivity index (χ0v) is 19.2. The van der Waals surface area contributed by atoms with E-state index in [1.165, 1.54) is 24.8 Å². The van der Waals surface area contributed by atoms with E-state index in [1.54, 1.807) is 0 Å². The summed E-state index contributed by atoms with van der Waals surface area (Å²) in [4.78, 5) is 26.5. The molecule has 5 aliphatic rings. The number of hydrogen-bond donors (Lipinski definition) is 0. The molecular formula is C28H35NO3. The molecule has 0 amide bonds. The number of ether oxygens (including phenoxy) is 1. The van der Waals surface area contributed by atoms with E-state index in [0.717, 1.165) is 38.5 Å². The van der Waals surface area contributed by atoms with Crippen molar-refractivity contribution >= 4 is 11.8 Å². The summed E-state index contributed by atoms with van der Waals surface area (Å²) in [5.41, 5.74) is 2.25. The fraction of sp³-hybridized carbons (Fsp3) is 0.643. The third-order valence-electron chi connectivity index (χ3n) is 9.32. The van der Waals surface area contributed by atoms with E-state index in [2.05, 4.69) is 5.92 Å². The Kier molecular flexibility index (Phi) is 5.78. The summed E-state index contributed by atoms with van der Waals surface area (Å²) in [6.45, 7) is 0.457. The van der Waals surface area contributed by atoms with Crippen molar-refractivity contribution in [2.45, 2.75) is 64.2 Å². The van der Waals surface area contributed by atoms with Crippen LogP contribution in [0.25, 0.3) is 0 Å². The molecule has 0 radical (unpaired) electrons. The van der Waals surface area contributed by atoms with Crippen LogP contribution in [0.3, 0.4) is 0 Å². The predicted octanol–water partition coefficient (Wildman–Crippen LogP) is 5.02. The van der Waals surface area contributed by atoms with E-state index in [9.17, 15) is 9.59 Å². The van der Waals surface area contributed by atoms with Crippen molar-refractivity contribution in [2.75, 3.05) is 13.7 Å². The molecular weight excluding hydrogens is 398 g/mol. The first-order valence-corrected chi connectivity index (χ1v) is 12.5. The van der Waals surface area contributed by atoms with Gasteiger partial charge in [-0.3, -0.25) is 4.79 Å². The number of nitrogens with zero attached hydrogens (tertiary/aromatic N) is 1. The van der Waals surface area contributed by atoms with Gasteiger partial charge in [-0.05, 0) is 92.7 Å². The quantitative estimate of drug-likeness (QED) is 0.461. The summed E-state index contributed by atoms with van der Waals surface area (Å²) >= 11 is 0. The number of terminal acetylenes is 1. The van der Waals surface area contributed by atoms with E-state index in [4.69, 9.17) is 11.2 Å². The molecule has 0 saturated heterocycles. The average Bonchev–Trinajstić information content (AvgIpc) is 3.17. The van der Waals surface area contributed by atoms with Gasteiger partial charge in [0.15, 0.2) is 5.78 Å². The highest BCUT2D eigenvalue weighted by Crippen LogP contribution is 2.64. The van der Waals surface area contributed by atoms with Gasteiger partial charge in [-0.15, -0.1) is 12.3 Å². The van der Waals surface area contributed by atoms with E-state index in [1.807, 2.05) is 36.5 Å². The molecule has 0 bridgehead atoms. The van der Waals surface area contributed by atoms with Crippen molar-refractivity contribution < 1.29 is 14.3 Å². The second kappa shape index (κ2) is 8.58. The zero-order valence-electron chi connectivity index (χ0n) is 19.2. The first kappa shape index (κ1) is 21.6. The summed E-state index contributed by atoms with van der Waals surface area (Å²) in [5.74, 6) is 6.20. The zero-order chi connectivity index (χ0) is 22.3. The van der Waals surface area contributed by atoms with Crippen molar-refractivity contribution in [1.29, 1.82) is 0 Å². The van der Waals surface area contributed by atoms with E-state index in [0.29, 0.717) is 54.0 Å². The Bertz CT molecular complexity index is 921. The molecule has 4 heteroatoms. The van der Waals surface area contributed by atoms with Gasteiger partial charge in [0.1, 0.15) is 0 Å². The topological polar surface area (TPSA) is 46.6 Å². The van der Waals surface area contributed by atoms with Gasteiger partial charge in [0, 0.05) is 32.0 Å². The van der Waals surface area contributed by atoms with Crippen LogP contribution < -0.4 is 0 Å². The highest BCUT2D eigenvalue weighted by molar-refractivity contribution is 5.91. The molecule has 4 aliphatic carbocycles. The normalized spacial score (nSPS) is 38.1. The predicted molar refractivity (Wildman–Crippen MR) is 124 cm³/mol. The molecule has 3 saturated carbocycles. The van der Waals surface area contributed by atoms with Gasteiger partial charge in [-0.1, -0.05) is 11.6 Å². The van der Waals surface area contributed by atoms with Crippen LogP contribution in [-0.4, -0.2) is 30.3 Å². The van der Waals surface area contributed by atoms with E-state index < -0.39 is 0 Å². The number of esters is 1. The van der Waals surface area contributed by atoms with E-state index >= 15 is 0 Å². The number of rotatable bonds is 4. The lowest BCUT2D eigenvalue weighted by molar-refractivity contribution is -0.141. The van der Waals surface area contributed by atoms with Crippen molar-refractivity contribution in [2.24, 2.45) is 35.0 Å². The molecule has 0 aromatic carbocycles. The van der Waals surface area contributed by atoms with Crippen molar-refractivity contribution in [3.05, 3.63) is 35.7 Å². The Hall–Kier alpha value is -2.28. The molecule has 6 atom stereocenters. The van der Waals surface area contributed by atoms with Crippen LogP contribution in [0.2, 0.25) is 0 Å². The summed E-state index contributed by atoms with van der Waals surface area (Å²) in [5, 5.41) is 0. The highest BCUT2D eigenvalue weighted by Gasteiger charge is 2.57. The number of ketones is 1. The highest BCUT2D eigenvalue weighted by atomic mass is 16.5. The molecule has 32 heavy (non-hydrogen) atoms. The summed E-state index contributed by atoms with van der Waals surface area (Å²) in [7, 11) is 1.92. The Morgan fingerprint density at radius 2 is 2.09 bits per heavy atom. The van der Waals surface area contributed by atoms with Gasteiger partial charge in [-0.25, -0.2) is 4.79 Å². The van der Waals surface area contributed by atoms with Gasteiger partial charge in [0.05, 0.1) is 12.2 Å². The maximum Gasteiger partial charge on any atom is 0.335 e. The smallest absolute Gasteiger partial charge is 0.335 e. The molecule has 0 N–H and O–H groups in total. The monoisotopic (exact) mass is 433 g/mol. The fourth-order valence-electron chi connectivity index (χ4n) is 7.98. The van der Waals surface area contributed by atoms with Gasteiger partial charge in [0.2, 0.25) is 0 Å². The lowest BCUT2D eigenvalue weighted by Gasteiger charge is -2.54. The molecule has 0 spiro atoms. The van der Waals surface area contributed by atoms with Gasteiger partial charge >= 0.3 is 5.97 Å². The Morgan fingerprint density at radius 3 is 2.91 bits per heavy atom. The first-order chi connectivity index (χ1) is 15.5. The Balaban J connectivity index is 1.29. The Labute approximate surface area is 192 Å². The molecule has 170 valence electrons. The van der Waals surface area contributed by atoms with Gasteiger partial charge < -0.3 is 9.64 Å². The summed E-state index contributed by atoms with van der Waals surface area (Å²) < 4.78 is 5.78. The summed E-state index contributed by atoms with van der Waals surface area (Å²) in [6.07, 6.45) is 24.0. The molecule has 1 heterocycles. The minimum Gasteiger partial charge on any atom is -0.462 e. The van der Waals surface area contributed by atoms with Crippen LogP contribution in [0.5, 0.6) is 0 Å². The van der Waals surface area contributed by atoms with Crippen LogP contribution in [-0.2, 0) is 14.3 Å². The average molecular weight is 434 g/mol. The second-order valence-electron chi connectivity index (χ2n) is 10.7. The van der Waals surface area contributed by atoms with Gasteiger partial charge in [0.25, 0.3) is 0 Å². The van der Waals surface area contributed by atoms with Crippen LogP contribution in [0, 0.1) is 47.3 Å². The molecule has 3 fully saturated rings. The third kappa shape index (κ3) is 3.64. The molecule has 0 unspecified atom stereocenters. The van der Waals surface area contributed by atoms with Crippen molar-refractivity contribution in [1.82, 2.24) is 4.90 Å². The van der Waals surface area contributed by atoms with Crippen molar-refractivity contribution in [3.63, 3.8) is 0 Å². The Morgan fingerprint density at radius 1 is 1.22 bits per heavy atom. The van der Waals surface area contributed by atoms with Crippen molar-refractivity contribution in [3.8, 4) is 12.3 Å². The number of fused-ring (bicyclic) bond motifs is 5. The first-order valence-electron chi connectivity index (χ1n) is 12.5. The lowest BCUT2D eigenvalue weighted by atomic mass is 9.50. The number of carbonyl (C=O) groups is 2. The standard InChI is InChI=1S/C28H35NO3/c1-3-21-7-11-26-25-9-6-19-17-22(30)8-10-23(19)24(25)12-13-28(21,26)14-16-32-27(31)20-5-4-15-29(2)18-20/h1,4,15,17-18,21,23-26H,5-14,16H2,2H3/t21-,23-,24+,25+,26-,28-/m0/s1. The summed E-state index contributed by atoms with van der Waals surface area (Å²) in [6, 6.07) is 0. The second-order valence-corrected chi connectivity index (χ2v) is 10.7. The SMILES string of the molecule is C#C[C@H]1CC[C@H]2[C@@H]3CCC4=CC(=O)CC[C@@H]4[C@H]3CC[C@]12CCOC(=O)C1=CN(C)C=CC1. The molecule has 0 aromatic rings. The lowest BCUT2D eigenvalue weighted by Crippen LogP contribution is -2.48. The molecule has 4 nitrogen and oxygen atoms in total. The third-order valence-corrected chi connectivity index (χ3v) is 9.32. The number of allylic oxidation sites excluding steroid dienone is 2. The largest absolute Gasteiger partial charge is 0.462 e. The number of carbonyl (C=O) groups excluding carboxylic acids is 2. The molecule has 0 aromatic heterocycles. The minimum absolute atomic E-state index is 0.111. The van der Waals surface area contributed by atoms with E-state index in [-0.39, 0.29) is 11.4 Å². The van der Waals surface area contributed by atoms with Crippen LogP contribution >= 0.6 is 0 Å². The minimum atomic E-state index is -0.197.